The van der Waals surface area contributed by atoms with Gasteiger partial charge < -0.3 is 5.32 Å². The number of nitrogens with zero attached hydrogens (tertiary/aromatic N) is 2. The van der Waals surface area contributed by atoms with Gasteiger partial charge in [0.05, 0.1) is 0 Å². The van der Waals surface area contributed by atoms with Gasteiger partial charge in [0.2, 0.25) is 0 Å². The van der Waals surface area contributed by atoms with Gasteiger partial charge in [-0.15, -0.1) is 11.8 Å². The van der Waals surface area contributed by atoms with E-state index < -0.39 is 0 Å². The minimum absolute atomic E-state index is 0.0565. The first-order valence-corrected chi connectivity index (χ1v) is 8.70. The molecule has 0 atom stereocenters. The van der Waals surface area contributed by atoms with E-state index in [1.165, 1.54) is 4.90 Å². The average Bonchev–Trinajstić information content (AvgIpc) is 2.43. The van der Waals surface area contributed by atoms with Crippen LogP contribution in [0.1, 0.15) is 26.6 Å². The molecule has 2 rings (SSSR count). The van der Waals surface area contributed by atoms with E-state index in [4.69, 9.17) is 0 Å². The second kappa shape index (κ2) is 7.27. The summed E-state index contributed by atoms with van der Waals surface area (Å²) < 4.78 is 0.820. The summed E-state index contributed by atoms with van der Waals surface area (Å²) in [5.74, 6) is 2.71. The highest BCUT2D eigenvalue weighted by Crippen LogP contribution is 2.22. The van der Waals surface area contributed by atoms with Crippen molar-refractivity contribution in [3.05, 3.63) is 46.8 Å². The minimum Gasteiger partial charge on any atom is -0.369 e. The van der Waals surface area contributed by atoms with Crippen molar-refractivity contribution in [1.82, 2.24) is 9.97 Å². The van der Waals surface area contributed by atoms with Crippen molar-refractivity contribution in [2.24, 2.45) is 0 Å². The Hall–Kier alpha value is -1.07. The van der Waals surface area contributed by atoms with Crippen molar-refractivity contribution >= 4 is 33.5 Å². The molecule has 3 nitrogen and oxygen atoms in total. The van der Waals surface area contributed by atoms with Gasteiger partial charge in [-0.1, -0.05) is 39.0 Å². The van der Waals surface area contributed by atoms with Crippen molar-refractivity contribution in [2.45, 2.75) is 31.1 Å². The van der Waals surface area contributed by atoms with Gasteiger partial charge in [-0.25, -0.2) is 9.97 Å². The molecule has 0 unspecified atom stereocenters. The molecule has 0 fully saturated rings. The molecule has 0 spiro atoms. The first-order chi connectivity index (χ1) is 9.95. The van der Waals surface area contributed by atoms with E-state index in [1.807, 2.05) is 23.9 Å². The van der Waals surface area contributed by atoms with Gasteiger partial charge in [-0.05, 0) is 28.1 Å². The van der Waals surface area contributed by atoms with Crippen LogP contribution >= 0.6 is 27.7 Å². The molecule has 0 saturated heterocycles. The van der Waals surface area contributed by atoms with E-state index >= 15 is 0 Å². The van der Waals surface area contributed by atoms with Crippen molar-refractivity contribution in [1.29, 1.82) is 0 Å². The number of rotatable bonds is 5. The number of thioether (sulfide) groups is 1. The Kier molecular flexibility index (Phi) is 5.65. The summed E-state index contributed by atoms with van der Waals surface area (Å²) in [6.07, 6.45) is 0. The summed E-state index contributed by atoms with van der Waals surface area (Å²) in [5, 5.41) is 3.37. The normalized spacial score (nSPS) is 11.4. The second-order valence-electron chi connectivity index (χ2n) is 5.74. The van der Waals surface area contributed by atoms with Crippen LogP contribution in [-0.4, -0.2) is 22.3 Å². The quantitative estimate of drug-likeness (QED) is 0.471. The lowest BCUT2D eigenvalue weighted by molar-refractivity contribution is 0.544. The summed E-state index contributed by atoms with van der Waals surface area (Å²) in [6.45, 7) is 7.21. The number of benzene rings is 1. The number of anilines is 1. The van der Waals surface area contributed by atoms with Crippen LogP contribution in [0.3, 0.4) is 0 Å². The molecule has 0 amide bonds. The molecule has 0 radical (unpaired) electrons. The number of nitrogens with one attached hydrogen (secondary N) is 1. The van der Waals surface area contributed by atoms with E-state index in [9.17, 15) is 0 Å². The predicted octanol–water partition coefficient (Wildman–Crippen LogP) is 4.74. The van der Waals surface area contributed by atoms with Crippen LogP contribution in [-0.2, 0) is 5.41 Å². The number of hydrogen-bond acceptors (Lipinski definition) is 4. The van der Waals surface area contributed by atoms with Crippen molar-refractivity contribution in [3.63, 3.8) is 0 Å². The summed E-state index contributed by atoms with van der Waals surface area (Å²) in [4.78, 5) is 10.3. The van der Waals surface area contributed by atoms with E-state index in [0.717, 1.165) is 28.5 Å². The van der Waals surface area contributed by atoms with Gasteiger partial charge >= 0.3 is 0 Å². The van der Waals surface area contributed by atoms with Crippen LogP contribution in [0.5, 0.6) is 0 Å². The molecule has 0 aliphatic heterocycles. The highest BCUT2D eigenvalue weighted by atomic mass is 79.9. The number of halogens is 1. The SMILES string of the molecule is CC(C)(C)c1nc(Br)cc(NCCSc2ccccc2)n1. The molecule has 2 aromatic rings. The third-order valence-corrected chi connectivity index (χ3v) is 4.21. The van der Waals surface area contributed by atoms with Crippen LogP contribution in [0.4, 0.5) is 5.82 Å². The molecular formula is C16H20BrN3S. The maximum Gasteiger partial charge on any atom is 0.137 e. The summed E-state index contributed by atoms with van der Waals surface area (Å²) in [6, 6.07) is 12.3. The third-order valence-electron chi connectivity index (χ3n) is 2.79. The molecular weight excluding hydrogens is 346 g/mol. The van der Waals surface area contributed by atoms with Crippen molar-refractivity contribution < 1.29 is 0 Å². The number of hydrogen-bond donors (Lipinski definition) is 1. The Labute approximate surface area is 139 Å². The van der Waals surface area contributed by atoms with Crippen molar-refractivity contribution in [3.8, 4) is 0 Å². The maximum absolute atomic E-state index is 4.59. The first kappa shape index (κ1) is 16.3. The lowest BCUT2D eigenvalue weighted by Crippen LogP contribution is -2.18. The molecule has 5 heteroatoms. The Balaban J connectivity index is 1.90. The lowest BCUT2D eigenvalue weighted by atomic mass is 9.96. The van der Waals surface area contributed by atoms with Gasteiger partial charge in [-0.2, -0.15) is 0 Å². The molecule has 1 aromatic carbocycles. The predicted molar refractivity (Wildman–Crippen MR) is 94.1 cm³/mol. The van der Waals surface area contributed by atoms with Gasteiger partial charge in [-0.3, -0.25) is 0 Å². The zero-order valence-corrected chi connectivity index (χ0v) is 15.0. The molecule has 112 valence electrons. The molecule has 1 heterocycles. The minimum atomic E-state index is -0.0565. The molecule has 1 N–H and O–H groups in total. The van der Waals surface area contributed by atoms with E-state index in [-0.39, 0.29) is 5.41 Å². The standard InChI is InChI=1S/C16H20BrN3S/c1-16(2,3)15-19-13(17)11-14(20-15)18-9-10-21-12-7-5-4-6-8-12/h4-8,11H,9-10H2,1-3H3,(H,18,19,20). The first-order valence-electron chi connectivity index (χ1n) is 6.92. The highest BCUT2D eigenvalue weighted by molar-refractivity contribution is 9.10. The second-order valence-corrected chi connectivity index (χ2v) is 7.72. The third kappa shape index (κ3) is 5.32. The Morgan fingerprint density at radius 1 is 1.14 bits per heavy atom. The smallest absolute Gasteiger partial charge is 0.137 e. The van der Waals surface area contributed by atoms with Crippen molar-refractivity contribution in [2.75, 3.05) is 17.6 Å². The number of aromatic nitrogens is 2. The maximum atomic E-state index is 4.59. The fourth-order valence-corrected chi connectivity index (χ4v) is 2.88. The van der Waals surface area contributed by atoms with Gasteiger partial charge in [0.15, 0.2) is 0 Å². The molecule has 0 bridgehead atoms. The van der Waals surface area contributed by atoms with Crippen LogP contribution in [0.2, 0.25) is 0 Å². The molecule has 1 aromatic heterocycles. The van der Waals surface area contributed by atoms with E-state index in [2.05, 4.69) is 76.3 Å². The Morgan fingerprint density at radius 3 is 2.52 bits per heavy atom. The van der Waals surface area contributed by atoms with E-state index in [0.29, 0.717) is 0 Å². The van der Waals surface area contributed by atoms with Gasteiger partial charge in [0.25, 0.3) is 0 Å². The lowest BCUT2D eigenvalue weighted by Gasteiger charge is -2.17. The van der Waals surface area contributed by atoms with E-state index in [1.54, 1.807) is 0 Å². The molecule has 0 saturated carbocycles. The van der Waals surface area contributed by atoms with Gasteiger partial charge in [0.1, 0.15) is 16.2 Å². The summed E-state index contributed by atoms with van der Waals surface area (Å²) >= 11 is 5.29. The zero-order chi connectivity index (χ0) is 15.3. The molecule has 0 aliphatic rings. The molecule has 0 aliphatic carbocycles. The van der Waals surface area contributed by atoms with Crippen LogP contribution in [0.25, 0.3) is 0 Å². The Bertz CT molecular complexity index is 582. The monoisotopic (exact) mass is 365 g/mol. The Morgan fingerprint density at radius 2 is 1.86 bits per heavy atom. The van der Waals surface area contributed by atoms with Gasteiger partial charge in [0, 0.05) is 28.7 Å². The fraction of sp³-hybridized carbons (Fsp3) is 0.375. The fourth-order valence-electron chi connectivity index (χ4n) is 1.71. The zero-order valence-electron chi connectivity index (χ0n) is 12.6. The summed E-state index contributed by atoms with van der Waals surface area (Å²) in [7, 11) is 0. The molecule has 21 heavy (non-hydrogen) atoms. The average molecular weight is 366 g/mol. The van der Waals surface area contributed by atoms with Crippen LogP contribution in [0, 0.1) is 0 Å². The topological polar surface area (TPSA) is 37.8 Å². The van der Waals surface area contributed by atoms with Crippen LogP contribution in [0.15, 0.2) is 45.9 Å². The highest BCUT2D eigenvalue weighted by Gasteiger charge is 2.18. The van der Waals surface area contributed by atoms with Crippen LogP contribution < -0.4 is 5.32 Å². The largest absolute Gasteiger partial charge is 0.369 e. The summed E-state index contributed by atoms with van der Waals surface area (Å²) in [5.41, 5.74) is -0.0565.